The lowest BCUT2D eigenvalue weighted by Crippen LogP contribution is -2.14. The molecule has 0 saturated carbocycles. The molecule has 0 heterocycles. The summed E-state index contributed by atoms with van der Waals surface area (Å²) in [5.74, 6) is -1.06. The van der Waals surface area contributed by atoms with Crippen LogP contribution in [0.25, 0.3) is 10.8 Å². The zero-order valence-corrected chi connectivity index (χ0v) is 16.9. The summed E-state index contributed by atoms with van der Waals surface area (Å²) < 4.78 is 28.8. The fraction of sp³-hybridized carbons (Fsp3) is 0.105. The van der Waals surface area contributed by atoms with Gasteiger partial charge in [0.2, 0.25) is 0 Å². The van der Waals surface area contributed by atoms with Crippen molar-refractivity contribution in [3.05, 3.63) is 59.1 Å². The number of hydrogen-bond acceptors (Lipinski definition) is 5. The number of aliphatic carboxylic acids is 1. The monoisotopic (exact) mass is 464 g/mol. The average Bonchev–Trinajstić information content (AvgIpc) is 2.65. The van der Waals surface area contributed by atoms with Crippen molar-refractivity contribution in [3.63, 3.8) is 0 Å². The van der Waals surface area contributed by atoms with E-state index in [1.54, 1.807) is 36.4 Å². The molecule has 0 radical (unpaired) electrons. The van der Waals surface area contributed by atoms with Gasteiger partial charge in [0, 0.05) is 21.8 Å². The van der Waals surface area contributed by atoms with Crippen LogP contribution in [0.2, 0.25) is 0 Å². The summed E-state index contributed by atoms with van der Waals surface area (Å²) in [6.07, 6.45) is -0.147. The molecule has 146 valence electrons. The molecule has 7 nitrogen and oxygen atoms in total. The lowest BCUT2D eigenvalue weighted by molar-refractivity contribution is -0.136. The fourth-order valence-electron chi connectivity index (χ4n) is 2.70. The number of rotatable bonds is 7. The number of benzene rings is 3. The van der Waals surface area contributed by atoms with Crippen LogP contribution in [0, 0.1) is 0 Å². The predicted molar refractivity (Wildman–Crippen MR) is 111 cm³/mol. The molecule has 0 amide bonds. The second-order valence-electron chi connectivity index (χ2n) is 6.00. The quantitative estimate of drug-likeness (QED) is 0.310. The van der Waals surface area contributed by atoms with Crippen LogP contribution in [0.5, 0.6) is 5.75 Å². The predicted octanol–water partition coefficient (Wildman–Crippen LogP) is 4.00. The third-order valence-corrected chi connectivity index (χ3v) is 5.95. The first-order valence-corrected chi connectivity index (χ1v) is 10.5. The second-order valence-corrected chi connectivity index (χ2v) is 8.59. The van der Waals surface area contributed by atoms with Crippen LogP contribution in [-0.2, 0) is 14.8 Å². The highest BCUT2D eigenvalue weighted by Crippen LogP contribution is 2.38. The normalized spacial score (nSPS) is 11.3. The van der Waals surface area contributed by atoms with E-state index < -0.39 is 16.0 Å². The number of aromatic hydroxyl groups is 1. The van der Waals surface area contributed by atoms with Crippen molar-refractivity contribution in [3.8, 4) is 5.75 Å². The van der Waals surface area contributed by atoms with E-state index in [9.17, 15) is 18.3 Å². The first-order valence-electron chi connectivity index (χ1n) is 8.27. The van der Waals surface area contributed by atoms with Gasteiger partial charge in [-0.3, -0.25) is 9.52 Å². The van der Waals surface area contributed by atoms with Gasteiger partial charge in [-0.05, 0) is 30.3 Å². The highest BCUT2D eigenvalue weighted by atomic mass is 79.9. The minimum atomic E-state index is -3.86. The first kappa shape index (κ1) is 20.0. The van der Waals surface area contributed by atoms with E-state index in [0.29, 0.717) is 10.8 Å². The summed E-state index contributed by atoms with van der Waals surface area (Å²) in [5, 5.41) is 23.1. The van der Waals surface area contributed by atoms with Gasteiger partial charge in [-0.1, -0.05) is 40.2 Å². The number of hydrogen-bond donors (Lipinski definition) is 4. The third-order valence-electron chi connectivity index (χ3n) is 4.04. The molecule has 0 fully saturated rings. The number of anilines is 2. The van der Waals surface area contributed by atoms with E-state index >= 15 is 0 Å². The van der Waals surface area contributed by atoms with E-state index in [1.165, 1.54) is 18.2 Å². The fourth-order valence-corrected chi connectivity index (χ4v) is 4.04. The number of nitrogens with one attached hydrogen (secondary N) is 2. The zero-order valence-electron chi connectivity index (χ0n) is 14.5. The van der Waals surface area contributed by atoms with E-state index in [2.05, 4.69) is 26.0 Å². The number of carboxylic acid groups (broad SMARTS) is 1. The average molecular weight is 465 g/mol. The Hall–Kier alpha value is -2.78. The molecule has 9 heteroatoms. The summed E-state index contributed by atoms with van der Waals surface area (Å²) in [6, 6.07) is 14.5. The van der Waals surface area contributed by atoms with Crippen molar-refractivity contribution in [2.75, 3.05) is 16.6 Å². The van der Waals surface area contributed by atoms with Gasteiger partial charge < -0.3 is 15.5 Å². The van der Waals surface area contributed by atoms with Gasteiger partial charge in [0.25, 0.3) is 10.0 Å². The van der Waals surface area contributed by atoms with Crippen molar-refractivity contribution >= 4 is 54.1 Å². The molecule has 0 aliphatic heterocycles. The number of sulfonamides is 1. The zero-order chi connectivity index (χ0) is 20.3. The second kappa shape index (κ2) is 8.07. The van der Waals surface area contributed by atoms with E-state index in [-0.39, 0.29) is 35.0 Å². The molecular weight excluding hydrogens is 448 g/mol. The molecule has 0 bridgehead atoms. The van der Waals surface area contributed by atoms with Gasteiger partial charge in [-0.15, -0.1) is 0 Å². The van der Waals surface area contributed by atoms with Crippen LogP contribution in [0.4, 0.5) is 11.4 Å². The molecule has 0 aliphatic rings. The summed E-state index contributed by atoms with van der Waals surface area (Å²) in [7, 11) is -3.86. The lowest BCUT2D eigenvalue weighted by atomic mass is 10.1. The maximum atomic E-state index is 12.8. The Bertz CT molecular complexity index is 1130. The molecule has 0 saturated heterocycles. The molecule has 0 spiro atoms. The number of carbonyl (C=O) groups is 1. The smallest absolute Gasteiger partial charge is 0.305 e. The van der Waals surface area contributed by atoms with E-state index in [0.717, 1.165) is 4.47 Å². The number of fused-ring (bicyclic) bond motifs is 1. The Kier molecular flexibility index (Phi) is 5.76. The maximum Gasteiger partial charge on any atom is 0.305 e. The maximum absolute atomic E-state index is 12.8. The summed E-state index contributed by atoms with van der Waals surface area (Å²) >= 11 is 3.27. The highest BCUT2D eigenvalue weighted by Gasteiger charge is 2.18. The van der Waals surface area contributed by atoms with Gasteiger partial charge in [0.05, 0.1) is 22.7 Å². The van der Waals surface area contributed by atoms with Crippen molar-refractivity contribution < 1.29 is 23.4 Å². The van der Waals surface area contributed by atoms with E-state index in [4.69, 9.17) is 5.11 Å². The van der Waals surface area contributed by atoms with Crippen molar-refractivity contribution in [1.29, 1.82) is 0 Å². The molecule has 3 aromatic carbocycles. The number of carboxylic acids is 1. The number of phenols is 1. The molecule has 3 aromatic rings. The van der Waals surface area contributed by atoms with Crippen LogP contribution in [0.1, 0.15) is 6.42 Å². The number of phenolic OH excluding ortho intramolecular Hbond substituents is 1. The SMILES string of the molecule is O=C(O)CCNc1cc(NS(=O)(=O)c2ccc(Br)cc2)c2ccccc2c1O. The van der Waals surface area contributed by atoms with Crippen molar-refractivity contribution in [1.82, 2.24) is 0 Å². The third kappa shape index (κ3) is 4.37. The van der Waals surface area contributed by atoms with Crippen LogP contribution in [0.15, 0.2) is 64.0 Å². The molecule has 28 heavy (non-hydrogen) atoms. The molecule has 0 aromatic heterocycles. The minimum absolute atomic E-state index is 0.0763. The van der Waals surface area contributed by atoms with Gasteiger partial charge in [-0.2, -0.15) is 0 Å². The first-order chi connectivity index (χ1) is 13.3. The van der Waals surface area contributed by atoms with Crippen molar-refractivity contribution in [2.45, 2.75) is 11.3 Å². The van der Waals surface area contributed by atoms with Crippen LogP contribution >= 0.6 is 15.9 Å². The Balaban J connectivity index is 2.02. The van der Waals surface area contributed by atoms with Gasteiger partial charge in [0.15, 0.2) is 0 Å². The molecule has 3 rings (SSSR count). The Morgan fingerprint density at radius 1 is 1.00 bits per heavy atom. The van der Waals surface area contributed by atoms with Gasteiger partial charge >= 0.3 is 5.97 Å². The molecular formula is C19H17BrN2O5S. The molecule has 0 atom stereocenters. The van der Waals surface area contributed by atoms with E-state index in [1.807, 2.05) is 0 Å². The summed E-state index contributed by atoms with van der Waals surface area (Å²) in [4.78, 5) is 10.8. The highest BCUT2D eigenvalue weighted by molar-refractivity contribution is 9.10. The van der Waals surface area contributed by atoms with Crippen LogP contribution < -0.4 is 10.0 Å². The Labute approximate surface area is 170 Å². The lowest BCUT2D eigenvalue weighted by Gasteiger charge is -2.16. The molecule has 0 unspecified atom stereocenters. The minimum Gasteiger partial charge on any atom is -0.505 e. The van der Waals surface area contributed by atoms with Crippen molar-refractivity contribution in [2.24, 2.45) is 0 Å². The molecule has 0 aliphatic carbocycles. The van der Waals surface area contributed by atoms with Crippen LogP contribution in [-0.4, -0.2) is 31.1 Å². The number of halogens is 1. The largest absolute Gasteiger partial charge is 0.505 e. The summed E-state index contributed by atoms with van der Waals surface area (Å²) in [6.45, 7) is 0.0835. The Morgan fingerprint density at radius 3 is 2.29 bits per heavy atom. The van der Waals surface area contributed by atoms with Crippen LogP contribution in [0.3, 0.4) is 0 Å². The van der Waals surface area contributed by atoms with Gasteiger partial charge in [0.1, 0.15) is 5.75 Å². The molecule has 4 N–H and O–H groups in total. The topological polar surface area (TPSA) is 116 Å². The standard InChI is InChI=1S/C19H17BrN2O5S/c20-12-5-7-13(8-6-12)28(26,27)22-16-11-17(21-10-9-18(23)24)19(25)15-4-2-1-3-14(15)16/h1-8,11,21-22,25H,9-10H2,(H,23,24). The van der Waals surface area contributed by atoms with Gasteiger partial charge in [-0.25, -0.2) is 8.42 Å². The Morgan fingerprint density at radius 2 is 1.64 bits per heavy atom. The summed E-state index contributed by atoms with van der Waals surface area (Å²) in [5.41, 5.74) is 0.516.